The van der Waals surface area contributed by atoms with Crippen molar-refractivity contribution < 1.29 is 18.0 Å². The van der Waals surface area contributed by atoms with Gasteiger partial charge in [0.15, 0.2) is 0 Å². The Morgan fingerprint density at radius 3 is 2.60 bits per heavy atom. The third-order valence-corrected chi connectivity index (χ3v) is 2.62. The summed E-state index contributed by atoms with van der Waals surface area (Å²) in [5.74, 6) is -0.400. The molecule has 0 aliphatic heterocycles. The van der Waals surface area contributed by atoms with Gasteiger partial charge in [0.25, 0.3) is 0 Å². The Balaban J connectivity index is 2.64. The van der Waals surface area contributed by atoms with Gasteiger partial charge in [-0.1, -0.05) is 0 Å². The van der Waals surface area contributed by atoms with Gasteiger partial charge in [-0.25, -0.2) is 0 Å². The fourth-order valence-corrected chi connectivity index (χ4v) is 1.64. The number of hydrogen-bond donors (Lipinski definition) is 2. The first-order valence-electron chi connectivity index (χ1n) is 5.98. The van der Waals surface area contributed by atoms with Crippen LogP contribution in [0.5, 0.6) is 0 Å². The highest BCUT2D eigenvalue weighted by Gasteiger charge is 2.33. The minimum Gasteiger partial charge on any atom is -0.385 e. The molecule has 1 aromatic rings. The van der Waals surface area contributed by atoms with E-state index in [-0.39, 0.29) is 12.1 Å². The Morgan fingerprint density at radius 2 is 2.05 bits per heavy atom. The highest BCUT2D eigenvalue weighted by Crippen LogP contribution is 2.33. The van der Waals surface area contributed by atoms with Crippen LogP contribution in [0.25, 0.3) is 0 Å². The normalized spacial score (nSPS) is 10.9. The monoisotopic (exact) mass is 285 g/mol. The summed E-state index contributed by atoms with van der Waals surface area (Å²) in [5.41, 5.74) is 3.90. The van der Waals surface area contributed by atoms with Crippen LogP contribution in [0.1, 0.15) is 30.4 Å². The Kier molecular flexibility index (Phi) is 5.38. The molecule has 0 atom stereocenters. The van der Waals surface area contributed by atoms with E-state index in [9.17, 15) is 18.0 Å². The molecular weight excluding hydrogens is 271 g/mol. The number of carbonyl (C=O) groups excluding carboxylic acids is 1. The van der Waals surface area contributed by atoms with Crippen LogP contribution in [0.15, 0.2) is 18.2 Å². The number of benzene rings is 1. The Hall–Kier alpha value is -2.23. The fraction of sp³-hybridized carbons (Fsp3) is 0.385. The van der Waals surface area contributed by atoms with Crippen molar-refractivity contribution in [1.29, 1.82) is 5.26 Å². The van der Waals surface area contributed by atoms with E-state index in [1.165, 1.54) is 12.1 Å². The first kappa shape index (κ1) is 15.8. The summed E-state index contributed by atoms with van der Waals surface area (Å²) >= 11 is 0. The van der Waals surface area contributed by atoms with Crippen LogP contribution in [0.3, 0.4) is 0 Å². The van der Waals surface area contributed by atoms with Crippen LogP contribution in [0.4, 0.5) is 18.9 Å². The first-order chi connectivity index (χ1) is 9.34. The molecule has 20 heavy (non-hydrogen) atoms. The largest absolute Gasteiger partial charge is 0.417 e. The maximum atomic E-state index is 12.7. The number of nitrogens with one attached hydrogen (secondary N) is 1. The van der Waals surface area contributed by atoms with Crippen molar-refractivity contribution >= 4 is 11.6 Å². The minimum atomic E-state index is -4.56. The molecule has 0 radical (unpaired) electrons. The maximum absolute atomic E-state index is 12.7. The minimum absolute atomic E-state index is 0.253. The molecule has 0 spiro atoms. The molecule has 3 N–H and O–H groups in total. The average Bonchev–Trinajstić information content (AvgIpc) is 2.36. The predicted octanol–water partition coefficient (Wildman–Crippen LogP) is 2.64. The van der Waals surface area contributed by atoms with Crippen molar-refractivity contribution in [3.05, 3.63) is 29.3 Å². The summed E-state index contributed by atoms with van der Waals surface area (Å²) in [5, 5.41) is 11.5. The first-order valence-corrected chi connectivity index (χ1v) is 5.98. The van der Waals surface area contributed by atoms with Crippen molar-refractivity contribution in [3.8, 4) is 6.07 Å². The van der Waals surface area contributed by atoms with Gasteiger partial charge in [0.2, 0.25) is 5.91 Å². The van der Waals surface area contributed by atoms with Crippen LogP contribution in [-0.2, 0) is 11.0 Å². The van der Waals surface area contributed by atoms with Crippen LogP contribution in [0.2, 0.25) is 0 Å². The van der Waals surface area contributed by atoms with Gasteiger partial charge < -0.3 is 11.1 Å². The molecule has 0 aliphatic rings. The zero-order valence-electron chi connectivity index (χ0n) is 10.6. The van der Waals surface area contributed by atoms with Crippen LogP contribution < -0.4 is 11.1 Å². The lowest BCUT2D eigenvalue weighted by atomic mass is 10.1. The standard InChI is InChI=1S/C13H14F3N3O/c14-13(15,16)11-7-10(5-4-9(11)8-17)19-6-2-1-3-12(18)20/h4-5,7,19H,1-3,6H2,(H2,18,20). The molecule has 1 aromatic carbocycles. The second kappa shape index (κ2) is 6.80. The predicted molar refractivity (Wildman–Crippen MR) is 67.7 cm³/mol. The number of primary amides is 1. The van der Waals surface area contributed by atoms with Crippen LogP contribution >= 0.6 is 0 Å². The average molecular weight is 285 g/mol. The Morgan fingerprint density at radius 1 is 1.35 bits per heavy atom. The quantitative estimate of drug-likeness (QED) is 0.789. The smallest absolute Gasteiger partial charge is 0.385 e. The molecule has 0 aliphatic carbocycles. The number of amides is 1. The van der Waals surface area contributed by atoms with Crippen molar-refractivity contribution in [2.75, 3.05) is 11.9 Å². The van der Waals surface area contributed by atoms with Crippen molar-refractivity contribution in [1.82, 2.24) is 0 Å². The number of nitrogens with zero attached hydrogens (tertiary/aromatic N) is 1. The lowest BCUT2D eigenvalue weighted by molar-refractivity contribution is -0.137. The van der Waals surface area contributed by atoms with E-state index in [4.69, 9.17) is 11.0 Å². The Bertz CT molecular complexity index is 521. The van der Waals surface area contributed by atoms with E-state index in [0.29, 0.717) is 19.4 Å². The number of nitrogens with two attached hydrogens (primary N) is 1. The maximum Gasteiger partial charge on any atom is 0.417 e. The van der Waals surface area contributed by atoms with E-state index in [2.05, 4.69) is 5.32 Å². The number of carbonyl (C=O) groups is 1. The third-order valence-electron chi connectivity index (χ3n) is 2.62. The second-order valence-electron chi connectivity index (χ2n) is 4.22. The molecule has 0 bridgehead atoms. The van der Waals surface area contributed by atoms with Crippen LogP contribution in [-0.4, -0.2) is 12.5 Å². The molecular formula is C13H14F3N3O. The summed E-state index contributed by atoms with van der Waals surface area (Å²) in [6, 6.07) is 4.98. The molecule has 0 aromatic heterocycles. The molecule has 108 valence electrons. The van der Waals surface area contributed by atoms with E-state index in [1.54, 1.807) is 0 Å². The zero-order valence-corrected chi connectivity index (χ0v) is 10.6. The highest BCUT2D eigenvalue weighted by atomic mass is 19.4. The molecule has 0 heterocycles. The van der Waals surface area contributed by atoms with Gasteiger partial charge in [-0.15, -0.1) is 0 Å². The van der Waals surface area contributed by atoms with Gasteiger partial charge in [-0.2, -0.15) is 18.4 Å². The molecule has 4 nitrogen and oxygen atoms in total. The molecule has 0 fully saturated rings. The number of alkyl halides is 3. The second-order valence-corrected chi connectivity index (χ2v) is 4.22. The number of anilines is 1. The molecule has 1 rings (SSSR count). The summed E-state index contributed by atoms with van der Waals surface area (Å²) in [6.07, 6.45) is -3.12. The SMILES string of the molecule is N#Cc1ccc(NCCCCC(N)=O)cc1C(F)(F)F. The van der Waals surface area contributed by atoms with Gasteiger partial charge in [0.1, 0.15) is 0 Å². The summed E-state index contributed by atoms with van der Waals surface area (Å²) in [4.78, 5) is 10.5. The zero-order chi connectivity index (χ0) is 15.2. The number of halogens is 3. The molecule has 0 unspecified atom stereocenters. The number of unbranched alkanes of at least 4 members (excludes halogenated alkanes) is 1. The summed E-state index contributed by atoms with van der Waals surface area (Å²) < 4.78 is 38.2. The van der Waals surface area contributed by atoms with Gasteiger partial charge in [-0.3, -0.25) is 4.79 Å². The van der Waals surface area contributed by atoms with Gasteiger partial charge in [-0.05, 0) is 31.0 Å². The fourth-order valence-electron chi connectivity index (χ4n) is 1.64. The molecule has 0 saturated heterocycles. The third kappa shape index (κ3) is 4.80. The van der Waals surface area contributed by atoms with Crippen molar-refractivity contribution in [2.45, 2.75) is 25.4 Å². The van der Waals surface area contributed by atoms with E-state index >= 15 is 0 Å². The van der Waals surface area contributed by atoms with Gasteiger partial charge >= 0.3 is 6.18 Å². The van der Waals surface area contributed by atoms with Gasteiger partial charge in [0, 0.05) is 18.7 Å². The lowest BCUT2D eigenvalue weighted by Crippen LogP contribution is -2.11. The van der Waals surface area contributed by atoms with Crippen LogP contribution in [0, 0.1) is 11.3 Å². The van der Waals surface area contributed by atoms with Crippen molar-refractivity contribution in [3.63, 3.8) is 0 Å². The van der Waals surface area contributed by atoms with E-state index < -0.39 is 23.2 Å². The highest BCUT2D eigenvalue weighted by molar-refractivity contribution is 5.73. The number of nitriles is 1. The summed E-state index contributed by atoms with van der Waals surface area (Å²) in [7, 11) is 0. The molecule has 1 amide bonds. The molecule has 7 heteroatoms. The number of hydrogen-bond acceptors (Lipinski definition) is 3. The lowest BCUT2D eigenvalue weighted by Gasteiger charge is -2.12. The van der Waals surface area contributed by atoms with E-state index in [0.717, 1.165) is 12.1 Å². The summed E-state index contributed by atoms with van der Waals surface area (Å²) in [6.45, 7) is 0.427. The number of rotatable bonds is 6. The van der Waals surface area contributed by atoms with Gasteiger partial charge in [0.05, 0.1) is 17.2 Å². The molecule has 0 saturated carbocycles. The topological polar surface area (TPSA) is 78.9 Å². The van der Waals surface area contributed by atoms with E-state index in [1.807, 2.05) is 0 Å². The Labute approximate surface area is 114 Å². The van der Waals surface area contributed by atoms with Crippen molar-refractivity contribution in [2.24, 2.45) is 5.73 Å².